The van der Waals surface area contributed by atoms with E-state index < -0.39 is 6.10 Å². The van der Waals surface area contributed by atoms with Crippen molar-refractivity contribution in [3.8, 4) is 0 Å². The van der Waals surface area contributed by atoms with Crippen LogP contribution in [0.3, 0.4) is 0 Å². The Morgan fingerprint density at radius 2 is 2.44 bits per heavy atom. The minimum Gasteiger partial charge on any atom is -0.467 e. The molecule has 0 fully saturated rings. The molecule has 0 aromatic carbocycles. The first-order chi connectivity index (χ1) is 7.65. The van der Waals surface area contributed by atoms with Crippen molar-refractivity contribution in [3.63, 3.8) is 0 Å². The largest absolute Gasteiger partial charge is 0.467 e. The summed E-state index contributed by atoms with van der Waals surface area (Å²) in [5, 5.41) is 12.3. The van der Waals surface area contributed by atoms with Gasteiger partial charge in [-0.1, -0.05) is 13.0 Å². The van der Waals surface area contributed by atoms with Gasteiger partial charge in [0.25, 0.3) is 0 Å². The topological polar surface area (TPSA) is 62.5 Å². The highest BCUT2D eigenvalue weighted by molar-refractivity contribution is 5.92. The summed E-state index contributed by atoms with van der Waals surface area (Å²) in [5.74, 6) is 0.296. The molecule has 0 radical (unpaired) electrons. The van der Waals surface area contributed by atoms with Crippen LogP contribution in [-0.2, 0) is 4.79 Å². The van der Waals surface area contributed by atoms with Gasteiger partial charge in [0.05, 0.1) is 12.8 Å². The molecule has 16 heavy (non-hydrogen) atoms. The number of carbonyl (C=O) groups is 1. The minimum absolute atomic E-state index is 0.154. The minimum atomic E-state index is -0.798. The molecule has 1 aromatic rings. The Morgan fingerprint density at radius 3 is 3.00 bits per heavy atom. The van der Waals surface area contributed by atoms with Crippen LogP contribution in [0.4, 0.5) is 0 Å². The summed E-state index contributed by atoms with van der Waals surface area (Å²) < 4.78 is 5.02. The van der Waals surface area contributed by atoms with Crippen molar-refractivity contribution in [1.29, 1.82) is 0 Å². The fourth-order valence-corrected chi connectivity index (χ4v) is 1.31. The van der Waals surface area contributed by atoms with Crippen LogP contribution in [0.25, 0.3) is 0 Å². The van der Waals surface area contributed by atoms with Gasteiger partial charge in [0.15, 0.2) is 0 Å². The first-order valence-electron chi connectivity index (χ1n) is 5.31. The van der Waals surface area contributed by atoms with Gasteiger partial charge in [-0.05, 0) is 25.5 Å². The van der Waals surface area contributed by atoms with E-state index in [-0.39, 0.29) is 12.5 Å². The lowest BCUT2D eigenvalue weighted by Crippen LogP contribution is -2.28. The molecule has 2 N–H and O–H groups in total. The highest BCUT2D eigenvalue weighted by Crippen LogP contribution is 2.11. The van der Waals surface area contributed by atoms with Crippen molar-refractivity contribution in [2.75, 3.05) is 6.54 Å². The van der Waals surface area contributed by atoms with Crippen molar-refractivity contribution in [1.82, 2.24) is 5.32 Å². The Bertz CT molecular complexity index is 354. The number of aliphatic hydroxyl groups is 1. The second kappa shape index (κ2) is 6.12. The molecule has 1 aromatic heterocycles. The van der Waals surface area contributed by atoms with E-state index in [2.05, 4.69) is 5.32 Å². The third kappa shape index (κ3) is 3.55. The van der Waals surface area contributed by atoms with Crippen LogP contribution in [0.1, 0.15) is 32.1 Å². The third-order valence-corrected chi connectivity index (χ3v) is 2.20. The zero-order valence-corrected chi connectivity index (χ0v) is 9.56. The molecule has 0 saturated heterocycles. The second-order valence-corrected chi connectivity index (χ2v) is 3.54. The Balaban J connectivity index is 2.40. The number of allylic oxidation sites excluding steroid dienone is 1. The van der Waals surface area contributed by atoms with E-state index in [0.29, 0.717) is 11.3 Å². The normalized spacial score (nSPS) is 13.6. The molecular weight excluding hydrogens is 206 g/mol. The Labute approximate surface area is 95.0 Å². The fraction of sp³-hybridized carbons (Fsp3) is 0.417. The molecule has 0 aliphatic heterocycles. The van der Waals surface area contributed by atoms with Crippen LogP contribution >= 0.6 is 0 Å². The SMILES string of the molecule is CC/C=C(/C)C(=O)NCC(O)c1ccco1. The van der Waals surface area contributed by atoms with Crippen LogP contribution in [0, 0.1) is 0 Å². The maximum atomic E-state index is 11.5. The van der Waals surface area contributed by atoms with Gasteiger partial charge in [0.1, 0.15) is 11.9 Å². The van der Waals surface area contributed by atoms with E-state index in [4.69, 9.17) is 4.42 Å². The summed E-state index contributed by atoms with van der Waals surface area (Å²) in [6.07, 6.45) is 3.35. The van der Waals surface area contributed by atoms with Gasteiger partial charge in [-0.3, -0.25) is 4.79 Å². The third-order valence-electron chi connectivity index (χ3n) is 2.20. The molecule has 0 spiro atoms. The van der Waals surface area contributed by atoms with E-state index in [9.17, 15) is 9.90 Å². The van der Waals surface area contributed by atoms with Gasteiger partial charge >= 0.3 is 0 Å². The number of nitrogens with one attached hydrogen (secondary N) is 1. The molecule has 4 nitrogen and oxygen atoms in total. The van der Waals surface area contributed by atoms with E-state index in [1.54, 1.807) is 19.1 Å². The van der Waals surface area contributed by atoms with Gasteiger partial charge in [-0.25, -0.2) is 0 Å². The van der Waals surface area contributed by atoms with Crippen LogP contribution < -0.4 is 5.32 Å². The smallest absolute Gasteiger partial charge is 0.246 e. The summed E-state index contributed by atoms with van der Waals surface area (Å²) in [7, 11) is 0. The first kappa shape index (κ1) is 12.5. The maximum absolute atomic E-state index is 11.5. The van der Waals surface area contributed by atoms with Gasteiger partial charge in [0.2, 0.25) is 5.91 Å². The van der Waals surface area contributed by atoms with E-state index in [1.807, 2.05) is 13.0 Å². The molecule has 1 amide bonds. The van der Waals surface area contributed by atoms with Crippen molar-refractivity contribution in [2.45, 2.75) is 26.4 Å². The second-order valence-electron chi connectivity index (χ2n) is 3.54. The Hall–Kier alpha value is -1.55. The number of rotatable bonds is 5. The highest BCUT2D eigenvalue weighted by Gasteiger charge is 2.12. The predicted molar refractivity (Wildman–Crippen MR) is 60.7 cm³/mol. The highest BCUT2D eigenvalue weighted by atomic mass is 16.4. The summed E-state index contributed by atoms with van der Waals surface area (Å²) in [6.45, 7) is 3.87. The lowest BCUT2D eigenvalue weighted by molar-refractivity contribution is -0.118. The zero-order chi connectivity index (χ0) is 12.0. The fourth-order valence-electron chi connectivity index (χ4n) is 1.31. The quantitative estimate of drug-likeness (QED) is 0.748. The molecule has 1 heterocycles. The number of amides is 1. The Morgan fingerprint density at radius 1 is 1.69 bits per heavy atom. The van der Waals surface area contributed by atoms with Crippen molar-refractivity contribution >= 4 is 5.91 Å². The van der Waals surface area contributed by atoms with Crippen molar-refractivity contribution < 1.29 is 14.3 Å². The molecule has 0 aliphatic carbocycles. The summed E-state index contributed by atoms with van der Waals surface area (Å²) in [6, 6.07) is 3.37. The number of carbonyl (C=O) groups excluding carboxylic acids is 1. The lowest BCUT2D eigenvalue weighted by atomic mass is 10.2. The summed E-state index contributed by atoms with van der Waals surface area (Å²) in [4.78, 5) is 11.5. The van der Waals surface area contributed by atoms with Crippen molar-refractivity contribution in [3.05, 3.63) is 35.8 Å². The molecule has 88 valence electrons. The molecule has 0 bridgehead atoms. The van der Waals surface area contributed by atoms with E-state index in [1.165, 1.54) is 6.26 Å². The van der Waals surface area contributed by atoms with Gasteiger partial charge in [-0.15, -0.1) is 0 Å². The van der Waals surface area contributed by atoms with E-state index in [0.717, 1.165) is 6.42 Å². The standard InChI is InChI=1S/C12H17NO3/c1-3-5-9(2)12(15)13-8-10(14)11-6-4-7-16-11/h4-7,10,14H,3,8H2,1-2H3,(H,13,15)/b9-5-. The molecule has 0 saturated carbocycles. The van der Waals surface area contributed by atoms with Gasteiger partial charge in [-0.2, -0.15) is 0 Å². The maximum Gasteiger partial charge on any atom is 0.246 e. The molecule has 0 aliphatic rings. The zero-order valence-electron chi connectivity index (χ0n) is 9.56. The Kier molecular flexibility index (Phi) is 4.79. The first-order valence-corrected chi connectivity index (χ1v) is 5.31. The molecule has 1 unspecified atom stereocenters. The molecular formula is C12H17NO3. The molecule has 4 heteroatoms. The average molecular weight is 223 g/mol. The van der Waals surface area contributed by atoms with Crippen LogP contribution in [0.2, 0.25) is 0 Å². The predicted octanol–water partition coefficient (Wildman–Crippen LogP) is 1.79. The number of hydrogen-bond donors (Lipinski definition) is 2. The van der Waals surface area contributed by atoms with Gasteiger partial charge in [0, 0.05) is 5.57 Å². The van der Waals surface area contributed by atoms with Crippen LogP contribution in [-0.4, -0.2) is 17.6 Å². The number of furan rings is 1. The number of hydrogen-bond acceptors (Lipinski definition) is 3. The number of aliphatic hydroxyl groups excluding tert-OH is 1. The monoisotopic (exact) mass is 223 g/mol. The van der Waals surface area contributed by atoms with Crippen LogP contribution in [0.15, 0.2) is 34.5 Å². The van der Waals surface area contributed by atoms with Crippen LogP contribution in [0.5, 0.6) is 0 Å². The summed E-state index contributed by atoms with van der Waals surface area (Å²) >= 11 is 0. The van der Waals surface area contributed by atoms with Crippen molar-refractivity contribution in [2.24, 2.45) is 0 Å². The average Bonchev–Trinajstić information content (AvgIpc) is 2.79. The van der Waals surface area contributed by atoms with E-state index >= 15 is 0 Å². The summed E-state index contributed by atoms with van der Waals surface area (Å²) in [5.41, 5.74) is 0.661. The molecule has 1 rings (SSSR count). The lowest BCUT2D eigenvalue weighted by Gasteiger charge is -2.09. The molecule has 1 atom stereocenters. The van der Waals surface area contributed by atoms with Gasteiger partial charge < -0.3 is 14.8 Å².